The molecule has 15 heavy (non-hydrogen) atoms. The molecule has 2 aromatic rings. The van der Waals surface area contributed by atoms with Gasteiger partial charge < -0.3 is 14.6 Å². The highest BCUT2D eigenvalue weighted by atomic mass is 16.3. The number of para-hydroxylation sites is 1. The van der Waals surface area contributed by atoms with E-state index in [0.29, 0.717) is 5.42 Å². The van der Waals surface area contributed by atoms with Crippen molar-refractivity contribution in [3.8, 4) is 0 Å². The Morgan fingerprint density at radius 2 is 1.73 bits per heavy atom. The van der Waals surface area contributed by atoms with Crippen LogP contribution in [-0.2, 0) is 0 Å². The van der Waals surface area contributed by atoms with Gasteiger partial charge in [0.05, 0.1) is 0 Å². The van der Waals surface area contributed by atoms with Crippen LogP contribution in [0, 0.1) is 0 Å². The molecule has 2 atom stereocenters. The van der Waals surface area contributed by atoms with E-state index in [1.807, 2.05) is 24.3 Å². The lowest BCUT2D eigenvalue weighted by Crippen LogP contribution is -2.35. The number of benzene rings is 1. The monoisotopic (exact) mass is 202 g/mol. The molecule has 0 amide bonds. The first-order chi connectivity index (χ1) is 7.25. The highest BCUT2D eigenvalue weighted by Crippen LogP contribution is 2.09. The van der Waals surface area contributed by atoms with Crippen LogP contribution in [0.25, 0.3) is 23.1 Å². The van der Waals surface area contributed by atoms with Gasteiger partial charge in [0.25, 0.3) is 0 Å². The summed E-state index contributed by atoms with van der Waals surface area (Å²) in [5, 5.41) is 20.8. The second-order valence-corrected chi connectivity index (χ2v) is 3.69. The van der Waals surface area contributed by atoms with Gasteiger partial charge in [-0.1, -0.05) is 18.2 Å². The standard InChI is InChI=1S/C12H10O3/c13-9-5-8-7-3-1-2-4-11(7)15-12(8)6-10(9)14/h1-6,9-10,13-14H. The largest absolute Gasteiger partial charge is 0.456 e. The number of hydrogen-bond donors (Lipinski definition) is 2. The van der Waals surface area contributed by atoms with Gasteiger partial charge in [0, 0.05) is 10.6 Å². The third kappa shape index (κ3) is 1.21. The van der Waals surface area contributed by atoms with Gasteiger partial charge in [-0.3, -0.25) is 0 Å². The molecule has 0 bridgehead atoms. The van der Waals surface area contributed by atoms with Crippen molar-refractivity contribution in [2.45, 2.75) is 12.2 Å². The summed E-state index contributed by atoms with van der Waals surface area (Å²) in [7, 11) is 0. The van der Waals surface area contributed by atoms with Crippen molar-refractivity contribution in [3.05, 3.63) is 34.9 Å². The van der Waals surface area contributed by atoms with Crippen LogP contribution in [0.2, 0.25) is 0 Å². The minimum Gasteiger partial charge on any atom is -0.456 e. The van der Waals surface area contributed by atoms with E-state index < -0.39 is 12.2 Å². The highest BCUT2D eigenvalue weighted by molar-refractivity contribution is 5.79. The number of fused-ring (bicyclic) bond motifs is 3. The van der Waals surface area contributed by atoms with Crippen LogP contribution in [0.4, 0.5) is 0 Å². The molecular weight excluding hydrogens is 192 g/mol. The first-order valence-electron chi connectivity index (χ1n) is 4.83. The summed E-state index contributed by atoms with van der Waals surface area (Å²) in [5.41, 5.74) is 1.41. The van der Waals surface area contributed by atoms with Gasteiger partial charge in [-0.25, -0.2) is 0 Å². The van der Waals surface area contributed by atoms with Crippen molar-refractivity contribution in [3.63, 3.8) is 0 Å². The minimum atomic E-state index is -0.877. The fraction of sp³-hybridized carbons (Fsp3) is 0.167. The molecule has 0 saturated carbocycles. The summed E-state index contributed by atoms with van der Waals surface area (Å²) in [6.45, 7) is 0. The Labute approximate surface area is 85.6 Å². The molecule has 76 valence electrons. The Hall–Kier alpha value is -1.58. The Morgan fingerprint density at radius 1 is 1.00 bits per heavy atom. The number of aliphatic hydroxyl groups is 2. The predicted octanol–water partition coefficient (Wildman–Crippen LogP) is -0.271. The molecule has 1 aromatic heterocycles. The predicted molar refractivity (Wildman–Crippen MR) is 56.4 cm³/mol. The van der Waals surface area contributed by atoms with Crippen LogP contribution in [0.5, 0.6) is 0 Å². The summed E-state index contributed by atoms with van der Waals surface area (Å²) < 4.78 is 5.55. The van der Waals surface area contributed by atoms with Crippen molar-refractivity contribution in [2.24, 2.45) is 0 Å². The van der Waals surface area contributed by atoms with E-state index >= 15 is 0 Å². The molecule has 3 nitrogen and oxygen atoms in total. The number of furan rings is 1. The van der Waals surface area contributed by atoms with Crippen molar-refractivity contribution in [1.29, 1.82) is 0 Å². The molecule has 3 rings (SSSR count). The first-order valence-corrected chi connectivity index (χ1v) is 4.83. The van der Waals surface area contributed by atoms with E-state index in [-0.39, 0.29) is 0 Å². The van der Waals surface area contributed by atoms with Crippen LogP contribution in [0.3, 0.4) is 0 Å². The van der Waals surface area contributed by atoms with Crippen LogP contribution < -0.4 is 10.6 Å². The molecule has 0 fully saturated rings. The fourth-order valence-corrected chi connectivity index (χ4v) is 1.90. The van der Waals surface area contributed by atoms with Gasteiger partial charge in [-0.15, -0.1) is 0 Å². The van der Waals surface area contributed by atoms with Gasteiger partial charge in [0.2, 0.25) is 0 Å². The lowest BCUT2D eigenvalue weighted by Gasteiger charge is -2.11. The maximum Gasteiger partial charge on any atom is 0.135 e. The molecule has 1 heterocycles. The molecule has 2 unspecified atom stereocenters. The molecule has 1 aromatic carbocycles. The average Bonchev–Trinajstić information content (AvgIpc) is 2.57. The first kappa shape index (κ1) is 8.71. The van der Waals surface area contributed by atoms with Crippen molar-refractivity contribution in [1.82, 2.24) is 0 Å². The third-order valence-electron chi connectivity index (χ3n) is 2.67. The van der Waals surface area contributed by atoms with Crippen molar-refractivity contribution in [2.75, 3.05) is 0 Å². The van der Waals surface area contributed by atoms with E-state index in [1.54, 1.807) is 12.2 Å². The third-order valence-corrected chi connectivity index (χ3v) is 2.67. The van der Waals surface area contributed by atoms with Gasteiger partial charge in [-0.05, 0) is 18.2 Å². The van der Waals surface area contributed by atoms with Gasteiger partial charge >= 0.3 is 0 Å². The van der Waals surface area contributed by atoms with Gasteiger partial charge in [-0.2, -0.15) is 0 Å². The quantitative estimate of drug-likeness (QED) is 0.618. The van der Waals surface area contributed by atoms with E-state index in [9.17, 15) is 10.2 Å². The Balaban J connectivity index is 2.49. The second kappa shape index (κ2) is 2.95. The second-order valence-electron chi connectivity index (χ2n) is 3.69. The highest BCUT2D eigenvalue weighted by Gasteiger charge is 2.17. The zero-order chi connectivity index (χ0) is 10.4. The minimum absolute atomic E-state index is 0.633. The Bertz CT molecular complexity index is 624. The molecule has 1 aliphatic rings. The maximum atomic E-state index is 9.52. The fourth-order valence-electron chi connectivity index (χ4n) is 1.90. The summed E-state index contributed by atoms with van der Waals surface area (Å²) >= 11 is 0. The van der Waals surface area contributed by atoms with Gasteiger partial charge in [0.1, 0.15) is 23.2 Å². The van der Waals surface area contributed by atoms with Crippen LogP contribution in [-0.4, -0.2) is 22.4 Å². The molecular formula is C12H10O3. The summed E-state index contributed by atoms with van der Waals surface area (Å²) in [6, 6.07) is 7.62. The summed E-state index contributed by atoms with van der Waals surface area (Å²) in [5.74, 6) is 0. The summed E-state index contributed by atoms with van der Waals surface area (Å²) in [6.07, 6.45) is 1.45. The zero-order valence-electron chi connectivity index (χ0n) is 7.92. The lowest BCUT2D eigenvalue weighted by molar-refractivity contribution is 0.0984. The number of aliphatic hydroxyl groups excluding tert-OH is 2. The van der Waals surface area contributed by atoms with Crippen LogP contribution in [0.15, 0.2) is 28.7 Å². The van der Waals surface area contributed by atoms with Crippen LogP contribution in [0.1, 0.15) is 0 Å². The zero-order valence-corrected chi connectivity index (χ0v) is 7.92. The molecule has 0 radical (unpaired) electrons. The normalized spacial score (nSPS) is 24.4. The van der Waals surface area contributed by atoms with E-state index in [0.717, 1.165) is 16.2 Å². The number of hydrogen-bond acceptors (Lipinski definition) is 3. The Morgan fingerprint density at radius 3 is 2.60 bits per heavy atom. The Kier molecular flexibility index (Phi) is 1.71. The number of rotatable bonds is 0. The molecule has 0 spiro atoms. The maximum absolute atomic E-state index is 9.52. The van der Waals surface area contributed by atoms with E-state index in [4.69, 9.17) is 4.42 Å². The molecule has 0 saturated heterocycles. The van der Waals surface area contributed by atoms with Crippen LogP contribution >= 0.6 is 0 Å². The smallest absolute Gasteiger partial charge is 0.135 e. The van der Waals surface area contributed by atoms with Crippen molar-refractivity contribution < 1.29 is 14.6 Å². The average molecular weight is 202 g/mol. The van der Waals surface area contributed by atoms with Gasteiger partial charge in [0.15, 0.2) is 0 Å². The SMILES string of the molecule is OC1C=c2oc3ccccc3c2=CC1O. The molecule has 0 aliphatic heterocycles. The molecule has 2 N–H and O–H groups in total. The topological polar surface area (TPSA) is 53.6 Å². The lowest BCUT2D eigenvalue weighted by atomic mass is 10.1. The van der Waals surface area contributed by atoms with E-state index in [1.165, 1.54) is 0 Å². The summed E-state index contributed by atoms with van der Waals surface area (Å²) in [4.78, 5) is 0. The van der Waals surface area contributed by atoms with Crippen molar-refractivity contribution >= 4 is 23.1 Å². The molecule has 1 aliphatic carbocycles. The van der Waals surface area contributed by atoms with E-state index in [2.05, 4.69) is 0 Å². The molecule has 3 heteroatoms.